The van der Waals surface area contributed by atoms with Gasteiger partial charge in [-0.15, -0.1) is 0 Å². The van der Waals surface area contributed by atoms with E-state index in [2.05, 4.69) is 17.4 Å². The third kappa shape index (κ3) is 3.36. The molecule has 5 heteroatoms. The first-order valence-electron chi connectivity index (χ1n) is 7.58. The number of hydrogen-bond donors (Lipinski definition) is 1. The summed E-state index contributed by atoms with van der Waals surface area (Å²) in [6.07, 6.45) is 0.490. The van der Waals surface area contributed by atoms with Crippen molar-refractivity contribution in [2.75, 3.05) is 38.2 Å². The Morgan fingerprint density at radius 3 is 2.95 bits per heavy atom. The zero-order chi connectivity index (χ0) is 14.7. The van der Waals surface area contributed by atoms with E-state index < -0.39 is 6.10 Å². The lowest BCUT2D eigenvalue weighted by Gasteiger charge is -2.32. The Morgan fingerprint density at radius 1 is 1.38 bits per heavy atom. The predicted molar refractivity (Wildman–Crippen MR) is 80.4 cm³/mol. The molecule has 1 N–H and O–H groups in total. The smallest absolute Gasteiger partial charge is 0.251 e. The highest BCUT2D eigenvalue weighted by molar-refractivity contribution is 5.80. The molecule has 0 saturated carbocycles. The Hall–Kier alpha value is -1.59. The maximum absolute atomic E-state index is 12.3. The van der Waals surface area contributed by atoms with Crippen LogP contribution in [0.4, 0.5) is 5.69 Å². The van der Waals surface area contributed by atoms with E-state index in [9.17, 15) is 4.79 Å². The molecule has 21 heavy (non-hydrogen) atoms. The van der Waals surface area contributed by atoms with Gasteiger partial charge in [-0.05, 0) is 18.6 Å². The van der Waals surface area contributed by atoms with Gasteiger partial charge in [0.05, 0.1) is 19.3 Å². The van der Waals surface area contributed by atoms with Crippen LogP contribution in [0.2, 0.25) is 0 Å². The fourth-order valence-corrected chi connectivity index (χ4v) is 2.90. The van der Waals surface area contributed by atoms with Gasteiger partial charge in [0.15, 0.2) is 0 Å². The van der Waals surface area contributed by atoms with Gasteiger partial charge >= 0.3 is 0 Å². The number of rotatable bonds is 3. The summed E-state index contributed by atoms with van der Waals surface area (Å²) in [7, 11) is 0. The molecule has 1 saturated heterocycles. The average molecular weight is 290 g/mol. The van der Waals surface area contributed by atoms with Crippen molar-refractivity contribution in [2.24, 2.45) is 0 Å². The van der Waals surface area contributed by atoms with E-state index in [0.29, 0.717) is 26.3 Å². The van der Waals surface area contributed by atoms with Crippen molar-refractivity contribution in [2.45, 2.75) is 25.6 Å². The summed E-state index contributed by atoms with van der Waals surface area (Å²) < 4.78 is 11.2. The molecule has 2 heterocycles. The number of nitrogens with zero attached hydrogens (tertiary/aromatic N) is 1. The van der Waals surface area contributed by atoms with Crippen molar-refractivity contribution < 1.29 is 14.3 Å². The Kier molecular flexibility index (Phi) is 4.41. The monoisotopic (exact) mass is 290 g/mol. The van der Waals surface area contributed by atoms with E-state index in [4.69, 9.17) is 9.47 Å². The number of carbonyl (C=O) groups excluding carboxylic acids is 1. The van der Waals surface area contributed by atoms with Crippen LogP contribution in [-0.2, 0) is 20.7 Å². The van der Waals surface area contributed by atoms with Crippen LogP contribution < -0.4 is 5.32 Å². The second-order valence-electron chi connectivity index (χ2n) is 5.58. The number of fused-ring (bicyclic) bond motifs is 1. The molecule has 2 atom stereocenters. The molecule has 1 aromatic carbocycles. The predicted octanol–water partition coefficient (Wildman–Crippen LogP) is 1.29. The van der Waals surface area contributed by atoms with Crippen molar-refractivity contribution in [3.05, 3.63) is 29.8 Å². The summed E-state index contributed by atoms with van der Waals surface area (Å²) in [5, 5.41) is 3.37. The van der Waals surface area contributed by atoms with Crippen LogP contribution in [0.25, 0.3) is 0 Å². The number of ether oxygens (including phenoxy) is 2. The van der Waals surface area contributed by atoms with Gasteiger partial charge in [-0.2, -0.15) is 0 Å². The van der Waals surface area contributed by atoms with E-state index in [1.807, 2.05) is 24.0 Å². The summed E-state index contributed by atoms with van der Waals surface area (Å²) in [6.45, 7) is 5.17. The fraction of sp³-hybridized carbons (Fsp3) is 0.562. The molecule has 0 bridgehead atoms. The van der Waals surface area contributed by atoms with Gasteiger partial charge in [-0.3, -0.25) is 4.79 Å². The van der Waals surface area contributed by atoms with Crippen LogP contribution in [0.15, 0.2) is 24.3 Å². The van der Waals surface area contributed by atoms with Gasteiger partial charge in [0.1, 0.15) is 6.10 Å². The number of morpholine rings is 1. The van der Waals surface area contributed by atoms with Gasteiger partial charge < -0.3 is 19.7 Å². The minimum Gasteiger partial charge on any atom is -0.382 e. The van der Waals surface area contributed by atoms with Gasteiger partial charge in [0.25, 0.3) is 5.91 Å². The number of anilines is 1. The molecule has 3 rings (SSSR count). The third-order valence-corrected chi connectivity index (χ3v) is 4.05. The van der Waals surface area contributed by atoms with Crippen molar-refractivity contribution in [3.63, 3.8) is 0 Å². The van der Waals surface area contributed by atoms with Gasteiger partial charge in [0, 0.05) is 31.7 Å². The Labute approximate surface area is 125 Å². The Bertz CT molecular complexity index is 500. The van der Waals surface area contributed by atoms with Crippen LogP contribution in [0.3, 0.4) is 0 Å². The number of para-hydroxylation sites is 1. The quantitative estimate of drug-likeness (QED) is 0.911. The standard InChI is InChI=1S/C16H22N2O3/c1-12(16(19)18-6-8-20-9-7-18)21-14-10-13-4-2-3-5-15(13)17-11-14/h2-5,12,14,17H,6-11H2,1H3. The minimum atomic E-state index is -0.403. The number of nitrogens with one attached hydrogen (secondary N) is 1. The lowest BCUT2D eigenvalue weighted by Crippen LogP contribution is -2.47. The molecule has 2 aliphatic heterocycles. The van der Waals surface area contributed by atoms with Crippen LogP contribution in [0.5, 0.6) is 0 Å². The van der Waals surface area contributed by atoms with Crippen molar-refractivity contribution in [1.82, 2.24) is 4.90 Å². The molecule has 0 spiro atoms. The number of hydrogen-bond acceptors (Lipinski definition) is 4. The van der Waals surface area contributed by atoms with Gasteiger partial charge in [-0.1, -0.05) is 18.2 Å². The third-order valence-electron chi connectivity index (χ3n) is 4.05. The SMILES string of the molecule is CC(OC1CNc2ccccc2C1)C(=O)N1CCOCC1. The number of amides is 1. The molecule has 2 unspecified atom stereocenters. The van der Waals surface area contributed by atoms with E-state index in [0.717, 1.165) is 13.0 Å². The van der Waals surface area contributed by atoms with E-state index >= 15 is 0 Å². The molecule has 5 nitrogen and oxygen atoms in total. The summed E-state index contributed by atoms with van der Waals surface area (Å²) in [4.78, 5) is 14.2. The average Bonchev–Trinajstić information content (AvgIpc) is 2.55. The molecule has 1 fully saturated rings. The first-order valence-corrected chi connectivity index (χ1v) is 7.58. The molecule has 1 amide bonds. The normalized spacial score (nSPS) is 23.1. The number of benzene rings is 1. The molecule has 114 valence electrons. The zero-order valence-corrected chi connectivity index (χ0v) is 12.4. The maximum atomic E-state index is 12.3. The largest absolute Gasteiger partial charge is 0.382 e. The first-order chi connectivity index (χ1) is 10.2. The highest BCUT2D eigenvalue weighted by Gasteiger charge is 2.27. The van der Waals surface area contributed by atoms with Crippen LogP contribution in [-0.4, -0.2) is 55.9 Å². The first kappa shape index (κ1) is 14.4. The van der Waals surface area contributed by atoms with Crippen molar-refractivity contribution >= 4 is 11.6 Å². The minimum absolute atomic E-state index is 0.0416. The van der Waals surface area contributed by atoms with E-state index in [1.54, 1.807) is 0 Å². The maximum Gasteiger partial charge on any atom is 0.251 e. The molecule has 0 aromatic heterocycles. The van der Waals surface area contributed by atoms with Crippen molar-refractivity contribution in [3.8, 4) is 0 Å². The summed E-state index contributed by atoms with van der Waals surface area (Å²) in [5.41, 5.74) is 2.42. The van der Waals surface area contributed by atoms with Crippen LogP contribution in [0.1, 0.15) is 12.5 Å². The topological polar surface area (TPSA) is 50.8 Å². The Balaban J connectivity index is 1.56. The molecule has 1 aromatic rings. The summed E-state index contributed by atoms with van der Waals surface area (Å²) in [5.74, 6) is 0.0668. The summed E-state index contributed by atoms with van der Waals surface area (Å²) in [6, 6.07) is 8.24. The number of carbonyl (C=O) groups is 1. The lowest BCUT2D eigenvalue weighted by molar-refractivity contribution is -0.149. The second-order valence-corrected chi connectivity index (χ2v) is 5.58. The Morgan fingerprint density at radius 2 is 2.14 bits per heavy atom. The van der Waals surface area contributed by atoms with Crippen LogP contribution >= 0.6 is 0 Å². The van der Waals surface area contributed by atoms with Gasteiger partial charge in [0.2, 0.25) is 0 Å². The summed E-state index contributed by atoms with van der Waals surface area (Å²) >= 11 is 0. The zero-order valence-electron chi connectivity index (χ0n) is 12.4. The highest BCUT2D eigenvalue weighted by Crippen LogP contribution is 2.23. The van der Waals surface area contributed by atoms with E-state index in [1.165, 1.54) is 11.3 Å². The van der Waals surface area contributed by atoms with Gasteiger partial charge in [-0.25, -0.2) is 0 Å². The fourth-order valence-electron chi connectivity index (χ4n) is 2.90. The molecule has 0 radical (unpaired) electrons. The van der Waals surface area contributed by atoms with Crippen LogP contribution in [0, 0.1) is 0 Å². The second kappa shape index (κ2) is 6.45. The molecule has 0 aliphatic carbocycles. The van der Waals surface area contributed by atoms with Crippen molar-refractivity contribution in [1.29, 1.82) is 0 Å². The molecular formula is C16H22N2O3. The molecule has 2 aliphatic rings. The lowest BCUT2D eigenvalue weighted by atomic mass is 10.0. The highest BCUT2D eigenvalue weighted by atomic mass is 16.5. The van der Waals surface area contributed by atoms with E-state index in [-0.39, 0.29) is 12.0 Å². The molecular weight excluding hydrogens is 268 g/mol.